The number of likely N-dealkylation sites (tertiary alicyclic amines) is 1. The van der Waals surface area contributed by atoms with Crippen molar-refractivity contribution in [2.45, 2.75) is 84.3 Å². The van der Waals surface area contributed by atoms with E-state index in [4.69, 9.17) is 4.74 Å². The molecule has 2 N–H and O–H groups in total. The lowest BCUT2D eigenvalue weighted by atomic mass is 9.83. The summed E-state index contributed by atoms with van der Waals surface area (Å²) in [6, 6.07) is 6.75. The zero-order chi connectivity index (χ0) is 22.9. The van der Waals surface area contributed by atoms with Crippen molar-refractivity contribution in [3.8, 4) is 5.75 Å². The number of amides is 2. The van der Waals surface area contributed by atoms with Crippen molar-refractivity contribution in [1.82, 2.24) is 15.5 Å². The minimum absolute atomic E-state index is 0.00924. The zero-order valence-corrected chi connectivity index (χ0v) is 21.8. The molecular formula is C26H42BrN3O2. The van der Waals surface area contributed by atoms with Crippen LogP contribution in [0, 0.1) is 11.8 Å². The lowest BCUT2D eigenvalue weighted by molar-refractivity contribution is 0.163. The largest absolute Gasteiger partial charge is 0.491 e. The first-order valence-electron chi connectivity index (χ1n) is 12.6. The molecule has 1 saturated carbocycles. The minimum atomic E-state index is -0.00924. The van der Waals surface area contributed by atoms with E-state index in [0.717, 1.165) is 36.8 Å². The molecule has 2 amide bonds. The van der Waals surface area contributed by atoms with Gasteiger partial charge in [0.2, 0.25) is 0 Å². The molecule has 32 heavy (non-hydrogen) atoms. The summed E-state index contributed by atoms with van der Waals surface area (Å²) < 4.78 is 7.09. The summed E-state index contributed by atoms with van der Waals surface area (Å²) in [5.41, 5.74) is 1.37. The standard InChI is InChI=1S/C26H42BrN3O2/c1-4-28-26(31)29-23-7-5-20(6-8-23)11-14-30-15-12-21(13-16-30)17-22-18-24(32-19(2)3)9-10-25(22)27/h9-10,18-21,23H,4-8,11-17H2,1-3H3,(H2,28,29,31). The van der Waals surface area contributed by atoms with Gasteiger partial charge in [-0.05, 0) is 127 Å². The summed E-state index contributed by atoms with van der Waals surface area (Å²) in [6.07, 6.45) is 9.95. The third-order valence-corrected chi connectivity index (χ3v) is 7.75. The van der Waals surface area contributed by atoms with Crippen LogP contribution in [0.3, 0.4) is 0 Å². The number of hydrogen-bond donors (Lipinski definition) is 2. The van der Waals surface area contributed by atoms with E-state index >= 15 is 0 Å². The van der Waals surface area contributed by atoms with Gasteiger partial charge in [0.1, 0.15) is 5.75 Å². The maximum absolute atomic E-state index is 11.7. The van der Waals surface area contributed by atoms with Crippen LogP contribution in [0.25, 0.3) is 0 Å². The molecule has 1 aromatic carbocycles. The summed E-state index contributed by atoms with van der Waals surface area (Å²) >= 11 is 3.74. The van der Waals surface area contributed by atoms with Crippen molar-refractivity contribution >= 4 is 22.0 Å². The molecule has 3 rings (SSSR count). The number of halogens is 1. The summed E-state index contributed by atoms with van der Waals surface area (Å²) in [4.78, 5) is 14.4. The van der Waals surface area contributed by atoms with Crippen molar-refractivity contribution in [2.75, 3.05) is 26.2 Å². The Morgan fingerprint density at radius 2 is 1.84 bits per heavy atom. The molecular weight excluding hydrogens is 466 g/mol. The number of benzene rings is 1. The maximum atomic E-state index is 11.7. The van der Waals surface area contributed by atoms with Gasteiger partial charge in [-0.15, -0.1) is 0 Å². The second kappa shape index (κ2) is 12.8. The topological polar surface area (TPSA) is 53.6 Å². The van der Waals surface area contributed by atoms with E-state index in [9.17, 15) is 4.79 Å². The monoisotopic (exact) mass is 507 g/mol. The van der Waals surface area contributed by atoms with Gasteiger partial charge in [-0.3, -0.25) is 0 Å². The highest BCUT2D eigenvalue weighted by Crippen LogP contribution is 2.30. The molecule has 1 heterocycles. The van der Waals surface area contributed by atoms with Crippen LogP contribution in [0.1, 0.15) is 71.3 Å². The van der Waals surface area contributed by atoms with Crippen molar-refractivity contribution in [1.29, 1.82) is 0 Å². The second-order valence-corrected chi connectivity index (χ2v) is 10.8. The molecule has 0 aromatic heterocycles. The SMILES string of the molecule is CCNC(=O)NC1CCC(CCN2CCC(Cc3cc(OC(C)C)ccc3Br)CC2)CC1. The number of piperidine rings is 1. The quantitative estimate of drug-likeness (QED) is 0.446. The van der Waals surface area contributed by atoms with Crippen molar-refractivity contribution in [3.05, 3.63) is 28.2 Å². The third-order valence-electron chi connectivity index (χ3n) is 6.98. The van der Waals surface area contributed by atoms with Gasteiger partial charge in [-0.1, -0.05) is 15.9 Å². The Balaban J connectivity index is 1.34. The number of ether oxygens (including phenoxy) is 1. The van der Waals surface area contributed by atoms with Gasteiger partial charge in [0, 0.05) is 17.1 Å². The van der Waals surface area contributed by atoms with E-state index < -0.39 is 0 Å². The van der Waals surface area contributed by atoms with Gasteiger partial charge in [0.25, 0.3) is 0 Å². The number of urea groups is 1. The Kier molecular flexibility index (Phi) is 10.2. The van der Waals surface area contributed by atoms with Gasteiger partial charge in [0.05, 0.1) is 6.10 Å². The molecule has 2 fully saturated rings. The zero-order valence-electron chi connectivity index (χ0n) is 20.2. The first-order chi connectivity index (χ1) is 15.4. The number of hydrogen-bond acceptors (Lipinski definition) is 3. The smallest absolute Gasteiger partial charge is 0.314 e. The highest BCUT2D eigenvalue weighted by atomic mass is 79.9. The molecule has 0 radical (unpaired) electrons. The first kappa shape index (κ1) is 25.4. The van der Waals surface area contributed by atoms with Gasteiger partial charge in [-0.2, -0.15) is 0 Å². The Morgan fingerprint density at radius 1 is 1.12 bits per heavy atom. The molecule has 1 aliphatic carbocycles. The molecule has 0 unspecified atom stereocenters. The maximum Gasteiger partial charge on any atom is 0.314 e. The number of carbonyl (C=O) groups is 1. The minimum Gasteiger partial charge on any atom is -0.491 e. The average molecular weight is 509 g/mol. The lowest BCUT2D eigenvalue weighted by Crippen LogP contribution is -2.43. The molecule has 6 heteroatoms. The molecule has 1 saturated heterocycles. The van der Waals surface area contributed by atoms with Crippen LogP contribution in [-0.4, -0.2) is 49.3 Å². The molecule has 5 nitrogen and oxygen atoms in total. The van der Waals surface area contributed by atoms with Crippen molar-refractivity contribution in [2.24, 2.45) is 11.8 Å². The van der Waals surface area contributed by atoms with E-state index in [1.54, 1.807) is 0 Å². The number of nitrogens with one attached hydrogen (secondary N) is 2. The predicted molar refractivity (Wildman–Crippen MR) is 135 cm³/mol. The van der Waals surface area contributed by atoms with Crippen molar-refractivity contribution < 1.29 is 9.53 Å². The summed E-state index contributed by atoms with van der Waals surface area (Å²) in [6.45, 7) is 10.5. The van der Waals surface area contributed by atoms with Gasteiger partial charge < -0.3 is 20.3 Å². The van der Waals surface area contributed by atoms with Gasteiger partial charge in [0.15, 0.2) is 0 Å². The van der Waals surface area contributed by atoms with Crippen LogP contribution in [0.4, 0.5) is 4.79 Å². The van der Waals surface area contributed by atoms with Crippen LogP contribution in [0.5, 0.6) is 5.75 Å². The Labute approximate surface area is 203 Å². The number of rotatable bonds is 9. The van der Waals surface area contributed by atoms with E-state index in [-0.39, 0.29) is 12.1 Å². The van der Waals surface area contributed by atoms with Gasteiger partial charge >= 0.3 is 6.03 Å². The molecule has 1 aliphatic heterocycles. The predicted octanol–water partition coefficient (Wildman–Crippen LogP) is 5.76. The third kappa shape index (κ3) is 8.26. The highest BCUT2D eigenvalue weighted by molar-refractivity contribution is 9.10. The summed E-state index contributed by atoms with van der Waals surface area (Å²) in [5.74, 6) is 2.55. The summed E-state index contributed by atoms with van der Waals surface area (Å²) in [7, 11) is 0. The number of carbonyl (C=O) groups excluding carboxylic acids is 1. The van der Waals surface area contributed by atoms with Gasteiger partial charge in [-0.25, -0.2) is 4.79 Å². The molecule has 0 spiro atoms. The van der Waals surface area contributed by atoms with E-state index in [2.05, 4.69) is 63.5 Å². The molecule has 180 valence electrons. The molecule has 0 atom stereocenters. The lowest BCUT2D eigenvalue weighted by Gasteiger charge is -2.34. The fourth-order valence-electron chi connectivity index (χ4n) is 5.14. The second-order valence-electron chi connectivity index (χ2n) is 9.92. The first-order valence-corrected chi connectivity index (χ1v) is 13.4. The Hall–Kier alpha value is -1.27. The Morgan fingerprint density at radius 3 is 2.50 bits per heavy atom. The van der Waals surface area contributed by atoms with Crippen LogP contribution in [0.15, 0.2) is 22.7 Å². The normalized spacial score (nSPS) is 22.7. The average Bonchev–Trinajstić information content (AvgIpc) is 2.76. The summed E-state index contributed by atoms with van der Waals surface area (Å²) in [5, 5.41) is 5.95. The Bertz CT molecular complexity index is 711. The fraction of sp³-hybridized carbons (Fsp3) is 0.731. The van der Waals surface area contributed by atoms with Crippen LogP contribution in [0.2, 0.25) is 0 Å². The highest BCUT2D eigenvalue weighted by Gasteiger charge is 2.24. The fourth-order valence-corrected chi connectivity index (χ4v) is 5.54. The van der Waals surface area contributed by atoms with E-state index in [1.807, 2.05) is 6.92 Å². The van der Waals surface area contributed by atoms with E-state index in [0.29, 0.717) is 12.6 Å². The molecule has 1 aromatic rings. The molecule has 2 aliphatic rings. The van der Waals surface area contributed by atoms with Crippen molar-refractivity contribution in [3.63, 3.8) is 0 Å². The molecule has 0 bridgehead atoms. The van der Waals surface area contributed by atoms with Crippen LogP contribution >= 0.6 is 15.9 Å². The van der Waals surface area contributed by atoms with Crippen LogP contribution < -0.4 is 15.4 Å². The number of nitrogens with zero attached hydrogens (tertiary/aromatic N) is 1. The van der Waals surface area contributed by atoms with Crippen LogP contribution in [-0.2, 0) is 6.42 Å². The van der Waals surface area contributed by atoms with E-state index in [1.165, 1.54) is 61.8 Å².